The highest BCUT2D eigenvalue weighted by molar-refractivity contribution is 9.10. The molecule has 0 aliphatic carbocycles. The Morgan fingerprint density at radius 3 is 2.74 bits per heavy atom. The minimum absolute atomic E-state index is 0.0737. The van der Waals surface area contributed by atoms with Crippen LogP contribution in [-0.2, 0) is 6.54 Å². The molecule has 8 heteroatoms. The van der Waals surface area contributed by atoms with Crippen LogP contribution in [0, 0.1) is 0 Å². The van der Waals surface area contributed by atoms with Gasteiger partial charge < -0.3 is 19.5 Å². The Labute approximate surface area is 167 Å². The van der Waals surface area contributed by atoms with E-state index in [1.165, 1.54) is 0 Å². The van der Waals surface area contributed by atoms with E-state index >= 15 is 0 Å². The van der Waals surface area contributed by atoms with E-state index in [0.717, 1.165) is 18.4 Å². The lowest BCUT2D eigenvalue weighted by Crippen LogP contribution is -2.17. The van der Waals surface area contributed by atoms with Gasteiger partial charge in [-0.3, -0.25) is 4.79 Å². The molecule has 0 unspecified atom stereocenters. The molecule has 7 nitrogen and oxygen atoms in total. The number of hydrogen-bond acceptors (Lipinski definition) is 6. The van der Waals surface area contributed by atoms with E-state index in [-0.39, 0.29) is 11.7 Å². The number of methoxy groups -OCH3 is 1. The van der Waals surface area contributed by atoms with Crippen molar-refractivity contribution in [1.29, 1.82) is 0 Å². The molecule has 1 aromatic heterocycles. The van der Waals surface area contributed by atoms with Crippen LogP contribution in [0.4, 0.5) is 5.69 Å². The van der Waals surface area contributed by atoms with Gasteiger partial charge >= 0.3 is 0 Å². The number of aromatic amines is 1. The summed E-state index contributed by atoms with van der Waals surface area (Å²) in [7, 11) is 1.62. The standard InChI is InChI=1S/C19H26BrN3O4/c1-5-6-9-26-15-10-13(7-8-14(15)25-4)11-21-17-16(20)18(24)22-23-19(17)27-12(2)3/h7-8,10,12H,5-6,9,11H2,1-4H3,(H2,21,22,24). The first-order valence-electron chi connectivity index (χ1n) is 8.94. The Hall–Kier alpha value is -2.22. The monoisotopic (exact) mass is 439 g/mol. The minimum Gasteiger partial charge on any atom is -0.493 e. The van der Waals surface area contributed by atoms with E-state index in [9.17, 15) is 4.79 Å². The van der Waals surface area contributed by atoms with Crippen molar-refractivity contribution in [2.45, 2.75) is 46.3 Å². The summed E-state index contributed by atoms with van der Waals surface area (Å²) < 4.78 is 17.2. The third kappa shape index (κ3) is 5.89. The summed E-state index contributed by atoms with van der Waals surface area (Å²) in [5.74, 6) is 1.73. The lowest BCUT2D eigenvalue weighted by atomic mass is 10.2. The zero-order chi connectivity index (χ0) is 19.8. The molecule has 0 atom stereocenters. The minimum atomic E-state index is -0.327. The van der Waals surface area contributed by atoms with Gasteiger partial charge in [-0.15, -0.1) is 5.10 Å². The van der Waals surface area contributed by atoms with Crippen molar-refractivity contribution < 1.29 is 14.2 Å². The molecule has 2 rings (SSSR count). The van der Waals surface area contributed by atoms with Crippen LogP contribution in [0.2, 0.25) is 0 Å². The second kappa shape index (κ2) is 10.2. The van der Waals surface area contributed by atoms with Crippen molar-refractivity contribution in [3.05, 3.63) is 38.6 Å². The van der Waals surface area contributed by atoms with Crippen LogP contribution < -0.4 is 25.1 Å². The number of unbranched alkanes of at least 4 members (excludes halogenated alkanes) is 1. The number of ether oxygens (including phenoxy) is 3. The van der Waals surface area contributed by atoms with Crippen LogP contribution in [0.5, 0.6) is 17.4 Å². The SMILES string of the molecule is CCCCOc1cc(CNc2c(OC(C)C)n[nH]c(=O)c2Br)ccc1OC. The first-order chi connectivity index (χ1) is 13.0. The van der Waals surface area contributed by atoms with Gasteiger partial charge in [0.15, 0.2) is 11.5 Å². The number of anilines is 1. The highest BCUT2D eigenvalue weighted by atomic mass is 79.9. The molecule has 0 fully saturated rings. The summed E-state index contributed by atoms with van der Waals surface area (Å²) in [6, 6.07) is 5.74. The van der Waals surface area contributed by atoms with Crippen molar-refractivity contribution >= 4 is 21.6 Å². The largest absolute Gasteiger partial charge is 0.493 e. The van der Waals surface area contributed by atoms with Gasteiger partial charge in [0.2, 0.25) is 0 Å². The van der Waals surface area contributed by atoms with Crippen molar-refractivity contribution in [1.82, 2.24) is 10.2 Å². The smallest absolute Gasteiger partial charge is 0.280 e. The molecule has 27 heavy (non-hydrogen) atoms. The lowest BCUT2D eigenvalue weighted by Gasteiger charge is -2.16. The maximum atomic E-state index is 11.9. The zero-order valence-corrected chi connectivity index (χ0v) is 17.7. The first kappa shape index (κ1) is 21.1. The van der Waals surface area contributed by atoms with E-state index in [1.54, 1.807) is 7.11 Å². The number of hydrogen-bond donors (Lipinski definition) is 2. The lowest BCUT2D eigenvalue weighted by molar-refractivity contribution is 0.231. The predicted molar refractivity (Wildman–Crippen MR) is 109 cm³/mol. The Morgan fingerprint density at radius 2 is 2.07 bits per heavy atom. The van der Waals surface area contributed by atoms with Crippen molar-refractivity contribution in [3.63, 3.8) is 0 Å². The number of halogens is 1. The Morgan fingerprint density at radius 1 is 1.30 bits per heavy atom. The molecule has 1 aromatic carbocycles. The molecule has 0 spiro atoms. The van der Waals surface area contributed by atoms with Gasteiger partial charge in [-0.2, -0.15) is 0 Å². The topological polar surface area (TPSA) is 85.5 Å². The number of rotatable bonds is 10. The van der Waals surface area contributed by atoms with E-state index in [2.05, 4.69) is 38.4 Å². The van der Waals surface area contributed by atoms with Gasteiger partial charge in [-0.05, 0) is 53.9 Å². The number of nitrogens with zero attached hydrogens (tertiary/aromatic N) is 1. The Bertz CT molecular complexity index is 808. The molecule has 0 amide bonds. The first-order valence-corrected chi connectivity index (χ1v) is 9.74. The summed E-state index contributed by atoms with van der Waals surface area (Å²) in [6.07, 6.45) is 1.97. The van der Waals surface area contributed by atoms with Crippen LogP contribution in [-0.4, -0.2) is 30.0 Å². The van der Waals surface area contributed by atoms with Crippen LogP contribution >= 0.6 is 15.9 Å². The number of benzene rings is 1. The van der Waals surface area contributed by atoms with Gasteiger partial charge in [0.1, 0.15) is 10.2 Å². The second-order valence-corrected chi connectivity index (χ2v) is 7.05. The third-order valence-corrected chi connectivity index (χ3v) is 4.45. The fourth-order valence-corrected chi connectivity index (χ4v) is 2.73. The van der Waals surface area contributed by atoms with E-state index in [1.807, 2.05) is 32.0 Å². The molecule has 148 valence electrons. The van der Waals surface area contributed by atoms with Crippen LogP contribution in [0.25, 0.3) is 0 Å². The molecule has 0 radical (unpaired) electrons. The summed E-state index contributed by atoms with van der Waals surface area (Å²) in [4.78, 5) is 11.9. The Balaban J connectivity index is 2.20. The molecular formula is C19H26BrN3O4. The number of nitrogens with one attached hydrogen (secondary N) is 2. The van der Waals surface area contributed by atoms with Gasteiger partial charge in [-0.25, -0.2) is 5.10 Å². The van der Waals surface area contributed by atoms with Gasteiger partial charge in [0, 0.05) is 6.54 Å². The normalized spacial score (nSPS) is 10.7. The van der Waals surface area contributed by atoms with Crippen molar-refractivity contribution in [2.75, 3.05) is 19.0 Å². The predicted octanol–water partition coefficient (Wildman–Crippen LogP) is 4.12. The molecule has 0 saturated heterocycles. The fraction of sp³-hybridized carbons (Fsp3) is 0.474. The number of aromatic nitrogens is 2. The zero-order valence-electron chi connectivity index (χ0n) is 16.1. The molecular weight excluding hydrogens is 414 g/mol. The van der Waals surface area contributed by atoms with E-state index in [4.69, 9.17) is 14.2 Å². The average molecular weight is 440 g/mol. The van der Waals surface area contributed by atoms with Gasteiger partial charge in [0.25, 0.3) is 11.4 Å². The van der Waals surface area contributed by atoms with E-state index in [0.29, 0.717) is 40.7 Å². The summed E-state index contributed by atoms with van der Waals surface area (Å²) in [5, 5.41) is 9.63. The maximum absolute atomic E-state index is 11.9. The van der Waals surface area contributed by atoms with Gasteiger partial charge in [0.05, 0.1) is 19.8 Å². The van der Waals surface area contributed by atoms with Crippen molar-refractivity contribution in [3.8, 4) is 17.4 Å². The molecule has 2 N–H and O–H groups in total. The summed E-state index contributed by atoms with van der Waals surface area (Å²) in [5.41, 5.74) is 1.16. The maximum Gasteiger partial charge on any atom is 0.280 e. The number of H-pyrrole nitrogens is 1. The van der Waals surface area contributed by atoms with Crippen molar-refractivity contribution in [2.24, 2.45) is 0 Å². The Kier molecular flexibility index (Phi) is 7.97. The third-order valence-electron chi connectivity index (χ3n) is 3.69. The highest BCUT2D eigenvalue weighted by Gasteiger charge is 2.15. The molecule has 0 aliphatic rings. The van der Waals surface area contributed by atoms with Crippen LogP contribution in [0.1, 0.15) is 39.2 Å². The second-order valence-electron chi connectivity index (χ2n) is 6.25. The molecule has 2 aromatic rings. The molecule has 0 bridgehead atoms. The summed E-state index contributed by atoms with van der Waals surface area (Å²) >= 11 is 3.30. The quantitative estimate of drug-likeness (QED) is 0.541. The van der Waals surface area contributed by atoms with Crippen LogP contribution in [0.3, 0.4) is 0 Å². The molecule has 0 aliphatic heterocycles. The average Bonchev–Trinajstić information content (AvgIpc) is 2.64. The van der Waals surface area contributed by atoms with E-state index < -0.39 is 0 Å². The summed E-state index contributed by atoms with van der Waals surface area (Å²) in [6.45, 7) is 7.01. The van der Waals surface area contributed by atoms with Gasteiger partial charge in [-0.1, -0.05) is 19.4 Å². The molecule has 1 heterocycles. The highest BCUT2D eigenvalue weighted by Crippen LogP contribution is 2.31. The molecule has 0 saturated carbocycles. The van der Waals surface area contributed by atoms with Crippen LogP contribution in [0.15, 0.2) is 27.5 Å². The fourth-order valence-electron chi connectivity index (χ4n) is 2.34.